The van der Waals surface area contributed by atoms with E-state index in [1.807, 2.05) is 29.2 Å². The van der Waals surface area contributed by atoms with Crippen LogP contribution in [0.2, 0.25) is 5.02 Å². The second-order valence-corrected chi connectivity index (χ2v) is 4.59. The Balaban J connectivity index is 1.99. The van der Waals surface area contributed by atoms with Crippen LogP contribution in [-0.2, 0) is 11.3 Å². The Morgan fingerprint density at radius 3 is 2.50 bits per heavy atom. The van der Waals surface area contributed by atoms with Gasteiger partial charge in [0.1, 0.15) is 0 Å². The molecule has 0 saturated heterocycles. The van der Waals surface area contributed by atoms with E-state index >= 15 is 0 Å². The van der Waals surface area contributed by atoms with Gasteiger partial charge in [0.25, 0.3) is 0 Å². The van der Waals surface area contributed by atoms with Gasteiger partial charge in [0, 0.05) is 17.6 Å². The van der Waals surface area contributed by atoms with Gasteiger partial charge in [-0.2, -0.15) is 0 Å². The zero-order valence-corrected chi connectivity index (χ0v) is 9.65. The molecule has 1 aliphatic rings. The van der Waals surface area contributed by atoms with Crippen LogP contribution in [0, 0.1) is 0 Å². The third-order valence-corrected chi connectivity index (χ3v) is 2.95. The summed E-state index contributed by atoms with van der Waals surface area (Å²) in [6.07, 6.45) is 2.22. The van der Waals surface area contributed by atoms with E-state index in [4.69, 9.17) is 16.7 Å². The molecule has 2 rings (SSSR count). The van der Waals surface area contributed by atoms with Crippen LogP contribution in [0.4, 0.5) is 0 Å². The summed E-state index contributed by atoms with van der Waals surface area (Å²) in [5.74, 6) is -0.763. The zero-order chi connectivity index (χ0) is 11.5. The van der Waals surface area contributed by atoms with Crippen molar-refractivity contribution in [3.63, 3.8) is 0 Å². The van der Waals surface area contributed by atoms with E-state index in [2.05, 4.69) is 0 Å². The first-order chi connectivity index (χ1) is 7.65. The largest absolute Gasteiger partial charge is 0.480 e. The molecular weight excluding hydrogens is 226 g/mol. The molecule has 86 valence electrons. The lowest BCUT2D eigenvalue weighted by atomic mass is 10.2. The van der Waals surface area contributed by atoms with Crippen LogP contribution < -0.4 is 0 Å². The number of benzene rings is 1. The summed E-state index contributed by atoms with van der Waals surface area (Å²) < 4.78 is 0. The van der Waals surface area contributed by atoms with Crippen LogP contribution in [0.1, 0.15) is 18.4 Å². The van der Waals surface area contributed by atoms with Crippen LogP contribution >= 0.6 is 11.6 Å². The molecule has 0 radical (unpaired) electrons. The summed E-state index contributed by atoms with van der Waals surface area (Å²) in [5.41, 5.74) is 1.11. The molecule has 0 heterocycles. The standard InChI is InChI=1S/C12H14ClNO2/c13-10-3-1-9(2-4-10)7-14(8-12(15)16)11-5-6-11/h1-4,11H,5-8H2,(H,15,16). The SMILES string of the molecule is O=C(O)CN(Cc1ccc(Cl)cc1)C1CC1. The van der Waals surface area contributed by atoms with Crippen molar-refractivity contribution >= 4 is 17.6 Å². The third kappa shape index (κ3) is 3.22. The Bertz CT molecular complexity index is 373. The Labute approximate surface area is 99.6 Å². The minimum absolute atomic E-state index is 0.118. The van der Waals surface area contributed by atoms with Gasteiger partial charge < -0.3 is 5.11 Å². The smallest absolute Gasteiger partial charge is 0.317 e. The van der Waals surface area contributed by atoms with Crippen molar-refractivity contribution in [3.8, 4) is 0 Å². The fraction of sp³-hybridized carbons (Fsp3) is 0.417. The van der Waals surface area contributed by atoms with Gasteiger partial charge in [-0.1, -0.05) is 23.7 Å². The molecule has 16 heavy (non-hydrogen) atoms. The second-order valence-electron chi connectivity index (χ2n) is 4.16. The van der Waals surface area contributed by atoms with E-state index in [1.165, 1.54) is 0 Å². The highest BCUT2D eigenvalue weighted by Gasteiger charge is 2.30. The molecule has 0 unspecified atom stereocenters. The molecule has 3 nitrogen and oxygen atoms in total. The molecule has 0 spiro atoms. The van der Waals surface area contributed by atoms with Crippen molar-refractivity contribution in [2.24, 2.45) is 0 Å². The molecule has 0 aromatic heterocycles. The molecular formula is C12H14ClNO2. The van der Waals surface area contributed by atoms with E-state index < -0.39 is 5.97 Å². The Kier molecular flexibility index (Phi) is 3.46. The van der Waals surface area contributed by atoms with Crippen LogP contribution in [0.15, 0.2) is 24.3 Å². The maximum atomic E-state index is 10.7. The van der Waals surface area contributed by atoms with Gasteiger partial charge in [0.2, 0.25) is 0 Å². The number of carbonyl (C=O) groups is 1. The molecule has 0 atom stereocenters. The first kappa shape index (κ1) is 11.4. The van der Waals surface area contributed by atoms with E-state index in [1.54, 1.807) is 0 Å². The van der Waals surface area contributed by atoms with Crippen LogP contribution in [0.3, 0.4) is 0 Å². The van der Waals surface area contributed by atoms with Crippen molar-refractivity contribution in [2.75, 3.05) is 6.54 Å². The van der Waals surface area contributed by atoms with Gasteiger partial charge in [0.15, 0.2) is 0 Å². The molecule has 1 N–H and O–H groups in total. The molecule has 0 aliphatic heterocycles. The number of hydrogen-bond acceptors (Lipinski definition) is 2. The second kappa shape index (κ2) is 4.85. The Hall–Kier alpha value is -1.06. The number of halogens is 1. The van der Waals surface area contributed by atoms with Crippen molar-refractivity contribution in [2.45, 2.75) is 25.4 Å². The fourth-order valence-electron chi connectivity index (χ4n) is 1.75. The zero-order valence-electron chi connectivity index (χ0n) is 8.90. The van der Waals surface area contributed by atoms with Gasteiger partial charge in [-0.15, -0.1) is 0 Å². The van der Waals surface area contributed by atoms with Gasteiger partial charge in [-0.25, -0.2) is 0 Å². The predicted octanol–water partition coefficient (Wildman–Crippen LogP) is 2.39. The quantitative estimate of drug-likeness (QED) is 0.858. The maximum absolute atomic E-state index is 10.7. The summed E-state index contributed by atoms with van der Waals surface area (Å²) in [7, 11) is 0. The topological polar surface area (TPSA) is 40.5 Å². The highest BCUT2D eigenvalue weighted by molar-refractivity contribution is 6.30. The number of rotatable bonds is 5. The highest BCUT2D eigenvalue weighted by Crippen LogP contribution is 2.28. The lowest BCUT2D eigenvalue weighted by Crippen LogP contribution is -2.31. The normalized spacial score (nSPS) is 15.4. The Morgan fingerprint density at radius 1 is 1.38 bits per heavy atom. The lowest BCUT2D eigenvalue weighted by Gasteiger charge is -2.19. The van der Waals surface area contributed by atoms with Gasteiger partial charge in [-0.05, 0) is 30.5 Å². The first-order valence-corrected chi connectivity index (χ1v) is 5.73. The molecule has 4 heteroatoms. The number of carboxylic acids is 1. The van der Waals surface area contributed by atoms with E-state index in [0.717, 1.165) is 18.4 Å². The summed E-state index contributed by atoms with van der Waals surface area (Å²) in [6.45, 7) is 0.807. The van der Waals surface area contributed by atoms with E-state index in [0.29, 0.717) is 17.6 Å². The van der Waals surface area contributed by atoms with Gasteiger partial charge in [-0.3, -0.25) is 9.69 Å². The molecule has 0 amide bonds. The predicted molar refractivity (Wildman–Crippen MR) is 62.5 cm³/mol. The highest BCUT2D eigenvalue weighted by atomic mass is 35.5. The molecule has 1 saturated carbocycles. The van der Waals surface area contributed by atoms with Gasteiger partial charge >= 0.3 is 5.97 Å². The van der Waals surface area contributed by atoms with Crippen LogP contribution in [-0.4, -0.2) is 28.6 Å². The number of nitrogens with zero attached hydrogens (tertiary/aromatic N) is 1. The molecule has 1 aromatic carbocycles. The maximum Gasteiger partial charge on any atom is 0.317 e. The molecule has 1 fully saturated rings. The minimum Gasteiger partial charge on any atom is -0.480 e. The molecule has 1 aliphatic carbocycles. The first-order valence-electron chi connectivity index (χ1n) is 5.35. The van der Waals surface area contributed by atoms with E-state index in [-0.39, 0.29) is 6.54 Å². The molecule has 0 bridgehead atoms. The summed E-state index contributed by atoms with van der Waals surface area (Å²) in [5, 5.41) is 9.53. The average Bonchev–Trinajstić information content (AvgIpc) is 3.03. The van der Waals surface area contributed by atoms with Crippen LogP contribution in [0.5, 0.6) is 0 Å². The number of hydrogen-bond donors (Lipinski definition) is 1. The minimum atomic E-state index is -0.763. The summed E-state index contributed by atoms with van der Waals surface area (Å²) in [6, 6.07) is 8.01. The fourth-order valence-corrected chi connectivity index (χ4v) is 1.88. The summed E-state index contributed by atoms with van der Waals surface area (Å²) >= 11 is 5.80. The van der Waals surface area contributed by atoms with Crippen molar-refractivity contribution in [1.82, 2.24) is 4.90 Å². The molecule has 1 aromatic rings. The monoisotopic (exact) mass is 239 g/mol. The van der Waals surface area contributed by atoms with Crippen LogP contribution in [0.25, 0.3) is 0 Å². The lowest BCUT2D eigenvalue weighted by molar-refractivity contribution is -0.138. The van der Waals surface area contributed by atoms with Crippen molar-refractivity contribution in [1.29, 1.82) is 0 Å². The van der Waals surface area contributed by atoms with Gasteiger partial charge in [0.05, 0.1) is 6.54 Å². The van der Waals surface area contributed by atoms with Crippen molar-refractivity contribution in [3.05, 3.63) is 34.9 Å². The van der Waals surface area contributed by atoms with E-state index in [9.17, 15) is 4.79 Å². The summed E-state index contributed by atoms with van der Waals surface area (Å²) in [4.78, 5) is 12.7. The number of aliphatic carboxylic acids is 1. The Morgan fingerprint density at radius 2 is 2.00 bits per heavy atom. The number of carboxylic acid groups (broad SMARTS) is 1. The average molecular weight is 240 g/mol. The third-order valence-electron chi connectivity index (χ3n) is 2.70. The van der Waals surface area contributed by atoms with Crippen molar-refractivity contribution < 1.29 is 9.90 Å².